The predicted octanol–water partition coefficient (Wildman–Crippen LogP) is 4.13. The number of esters is 1. The van der Waals surface area contributed by atoms with Gasteiger partial charge in [0.05, 0.1) is 5.69 Å². The molecule has 1 fully saturated rings. The van der Waals surface area contributed by atoms with Crippen molar-refractivity contribution in [1.29, 1.82) is 0 Å². The van der Waals surface area contributed by atoms with E-state index in [-0.39, 0.29) is 5.78 Å². The second kappa shape index (κ2) is 7.19. The number of ketones is 1. The molecule has 0 saturated heterocycles. The van der Waals surface area contributed by atoms with Gasteiger partial charge in [0.2, 0.25) is 0 Å². The summed E-state index contributed by atoms with van der Waals surface area (Å²) in [7, 11) is 0. The maximum Gasteiger partial charge on any atom is 0.342 e. The zero-order valence-corrected chi connectivity index (χ0v) is 15.1. The van der Waals surface area contributed by atoms with Crippen LogP contribution in [-0.2, 0) is 9.53 Å². The van der Waals surface area contributed by atoms with Crippen LogP contribution in [0.4, 0.5) is 0 Å². The maximum atomic E-state index is 12.8. The van der Waals surface area contributed by atoms with Gasteiger partial charge in [0.15, 0.2) is 11.9 Å². The van der Waals surface area contributed by atoms with Gasteiger partial charge in [-0.1, -0.05) is 48.0 Å². The largest absolute Gasteiger partial charge is 0.451 e. The van der Waals surface area contributed by atoms with E-state index in [1.54, 1.807) is 10.9 Å². The minimum atomic E-state index is -0.636. The van der Waals surface area contributed by atoms with Crippen LogP contribution in [0.15, 0.2) is 60.8 Å². The summed E-state index contributed by atoms with van der Waals surface area (Å²) in [5.74, 6) is -0.510. The van der Waals surface area contributed by atoms with Crippen molar-refractivity contribution in [3.63, 3.8) is 0 Å². The van der Waals surface area contributed by atoms with Crippen molar-refractivity contribution in [2.75, 3.05) is 0 Å². The molecule has 3 aromatic rings. The molecule has 5 nitrogen and oxygen atoms in total. The molecule has 1 aliphatic carbocycles. The summed E-state index contributed by atoms with van der Waals surface area (Å²) in [6.45, 7) is 2.01. The summed E-state index contributed by atoms with van der Waals surface area (Å²) in [6.07, 6.45) is 2.88. The molecule has 136 valence electrons. The monoisotopic (exact) mass is 360 g/mol. The van der Waals surface area contributed by atoms with E-state index < -0.39 is 12.1 Å². The van der Waals surface area contributed by atoms with Crippen LogP contribution in [-0.4, -0.2) is 27.6 Å². The normalized spacial score (nSPS) is 16.5. The van der Waals surface area contributed by atoms with Crippen LogP contribution in [0.1, 0.15) is 35.2 Å². The quantitative estimate of drug-likeness (QED) is 0.657. The third-order valence-corrected chi connectivity index (χ3v) is 4.78. The topological polar surface area (TPSA) is 61.2 Å². The Morgan fingerprint density at radius 2 is 1.85 bits per heavy atom. The standard InChI is InChI=1S/C22H20N2O3/c1-15-10-12-16(13-11-15)21-18(22(26)27-20-9-5-8-19(20)25)14-24(23-21)17-6-3-2-4-7-17/h2-4,6-7,10-14,20H,5,8-9H2,1H3. The van der Waals surface area contributed by atoms with Gasteiger partial charge in [-0.05, 0) is 31.9 Å². The third-order valence-electron chi connectivity index (χ3n) is 4.78. The second-order valence-electron chi connectivity index (χ2n) is 6.79. The third kappa shape index (κ3) is 3.53. The van der Waals surface area contributed by atoms with Crippen LogP contribution in [0.5, 0.6) is 0 Å². The first-order valence-electron chi connectivity index (χ1n) is 9.07. The van der Waals surface area contributed by atoms with Crippen molar-refractivity contribution >= 4 is 11.8 Å². The molecule has 0 radical (unpaired) electrons. The number of ether oxygens (including phenoxy) is 1. The average Bonchev–Trinajstić information content (AvgIpc) is 3.30. The minimum absolute atomic E-state index is 0.00399. The molecular formula is C22H20N2O3. The van der Waals surface area contributed by atoms with Gasteiger partial charge >= 0.3 is 5.97 Å². The fourth-order valence-corrected chi connectivity index (χ4v) is 3.26. The van der Waals surface area contributed by atoms with E-state index in [4.69, 9.17) is 4.74 Å². The van der Waals surface area contributed by atoms with Crippen molar-refractivity contribution in [3.05, 3.63) is 71.9 Å². The van der Waals surface area contributed by atoms with E-state index in [9.17, 15) is 9.59 Å². The molecule has 1 atom stereocenters. The van der Waals surface area contributed by atoms with Crippen LogP contribution >= 0.6 is 0 Å². The Bertz CT molecular complexity index is 975. The summed E-state index contributed by atoms with van der Waals surface area (Å²) in [6, 6.07) is 17.4. The molecule has 1 saturated carbocycles. The zero-order valence-electron chi connectivity index (χ0n) is 15.1. The number of aryl methyl sites for hydroxylation is 1. The lowest BCUT2D eigenvalue weighted by Crippen LogP contribution is -2.22. The molecular weight excluding hydrogens is 340 g/mol. The number of para-hydroxylation sites is 1. The van der Waals surface area contributed by atoms with Crippen LogP contribution in [0.25, 0.3) is 16.9 Å². The Hall–Kier alpha value is -3.21. The van der Waals surface area contributed by atoms with Gasteiger partial charge in [-0.2, -0.15) is 5.10 Å². The first kappa shape index (κ1) is 17.2. The first-order valence-corrected chi connectivity index (χ1v) is 9.07. The smallest absolute Gasteiger partial charge is 0.342 e. The van der Waals surface area contributed by atoms with Crippen LogP contribution in [0.2, 0.25) is 0 Å². The molecule has 4 rings (SSSR count). The molecule has 0 aliphatic heterocycles. The zero-order chi connectivity index (χ0) is 18.8. The molecule has 0 N–H and O–H groups in total. The van der Waals surface area contributed by atoms with E-state index >= 15 is 0 Å². The van der Waals surface area contributed by atoms with Gasteiger partial charge in [-0.15, -0.1) is 0 Å². The Balaban J connectivity index is 1.73. The van der Waals surface area contributed by atoms with Crippen LogP contribution in [0, 0.1) is 6.92 Å². The van der Waals surface area contributed by atoms with Gasteiger partial charge in [0, 0.05) is 18.2 Å². The molecule has 0 amide bonds. The summed E-state index contributed by atoms with van der Waals surface area (Å²) in [5.41, 5.74) is 3.72. The van der Waals surface area contributed by atoms with E-state index in [0.717, 1.165) is 23.2 Å². The number of hydrogen-bond donors (Lipinski definition) is 0. The molecule has 0 spiro atoms. The highest BCUT2D eigenvalue weighted by atomic mass is 16.5. The molecule has 0 bridgehead atoms. The lowest BCUT2D eigenvalue weighted by Gasteiger charge is -2.10. The Kier molecular flexibility index (Phi) is 4.59. The summed E-state index contributed by atoms with van der Waals surface area (Å²) in [4.78, 5) is 24.7. The van der Waals surface area contributed by atoms with Gasteiger partial charge < -0.3 is 4.74 Å². The van der Waals surface area contributed by atoms with Gasteiger partial charge in [0.25, 0.3) is 0 Å². The van der Waals surface area contributed by atoms with Crippen LogP contribution in [0.3, 0.4) is 0 Å². The van der Waals surface area contributed by atoms with E-state index in [2.05, 4.69) is 5.10 Å². The van der Waals surface area contributed by atoms with E-state index in [1.165, 1.54) is 0 Å². The predicted molar refractivity (Wildman–Crippen MR) is 102 cm³/mol. The number of carbonyl (C=O) groups is 2. The Morgan fingerprint density at radius 3 is 2.52 bits per heavy atom. The second-order valence-corrected chi connectivity index (χ2v) is 6.79. The van der Waals surface area contributed by atoms with Crippen molar-refractivity contribution in [3.8, 4) is 16.9 Å². The molecule has 5 heteroatoms. The number of Topliss-reactive ketones (excluding diaryl/α,β-unsaturated/α-hetero) is 1. The van der Waals surface area contributed by atoms with Crippen LogP contribution < -0.4 is 0 Å². The highest BCUT2D eigenvalue weighted by molar-refractivity contribution is 5.98. The van der Waals surface area contributed by atoms with Gasteiger partial charge in [-0.3, -0.25) is 4.79 Å². The lowest BCUT2D eigenvalue weighted by atomic mass is 10.1. The number of carbonyl (C=O) groups excluding carboxylic acids is 2. The number of rotatable bonds is 4. The van der Waals surface area contributed by atoms with Crippen molar-refractivity contribution in [2.24, 2.45) is 0 Å². The summed E-state index contributed by atoms with van der Waals surface area (Å²) in [5, 5.41) is 4.63. The van der Waals surface area contributed by atoms with Gasteiger partial charge in [-0.25, -0.2) is 9.48 Å². The summed E-state index contributed by atoms with van der Waals surface area (Å²) < 4.78 is 7.17. The average molecular weight is 360 g/mol. The number of nitrogens with zero attached hydrogens (tertiary/aromatic N) is 2. The number of hydrogen-bond acceptors (Lipinski definition) is 4. The first-order chi connectivity index (χ1) is 13.1. The number of aromatic nitrogens is 2. The van der Waals surface area contributed by atoms with Gasteiger partial charge in [0.1, 0.15) is 11.3 Å². The highest BCUT2D eigenvalue weighted by Gasteiger charge is 2.30. The fraction of sp³-hybridized carbons (Fsp3) is 0.227. The fourth-order valence-electron chi connectivity index (χ4n) is 3.26. The summed E-state index contributed by atoms with van der Waals surface area (Å²) >= 11 is 0. The molecule has 1 unspecified atom stereocenters. The maximum absolute atomic E-state index is 12.8. The SMILES string of the molecule is Cc1ccc(-c2nn(-c3ccccc3)cc2C(=O)OC2CCCC2=O)cc1. The Morgan fingerprint density at radius 1 is 1.11 bits per heavy atom. The molecule has 1 heterocycles. The molecule has 1 aromatic heterocycles. The molecule has 27 heavy (non-hydrogen) atoms. The number of benzene rings is 2. The molecule has 1 aliphatic rings. The van der Waals surface area contributed by atoms with Crippen molar-refractivity contribution in [2.45, 2.75) is 32.3 Å². The minimum Gasteiger partial charge on any atom is -0.451 e. The molecule has 2 aromatic carbocycles. The lowest BCUT2D eigenvalue weighted by molar-refractivity contribution is -0.124. The van der Waals surface area contributed by atoms with E-state index in [0.29, 0.717) is 24.1 Å². The van der Waals surface area contributed by atoms with Crippen molar-refractivity contribution in [1.82, 2.24) is 9.78 Å². The van der Waals surface area contributed by atoms with Crippen molar-refractivity contribution < 1.29 is 14.3 Å². The highest BCUT2D eigenvalue weighted by Crippen LogP contribution is 2.27. The van der Waals surface area contributed by atoms with E-state index in [1.807, 2.05) is 61.5 Å². The Labute approximate surface area is 157 Å².